The van der Waals surface area contributed by atoms with Crippen molar-refractivity contribution in [1.29, 1.82) is 0 Å². The zero-order valence-electron chi connectivity index (χ0n) is 16.1. The number of aromatic nitrogens is 1. The van der Waals surface area contributed by atoms with Gasteiger partial charge in [-0.3, -0.25) is 0 Å². The highest BCUT2D eigenvalue weighted by Crippen LogP contribution is 2.26. The fourth-order valence-corrected chi connectivity index (χ4v) is 3.31. The molecule has 1 unspecified atom stereocenters. The van der Waals surface area contributed by atoms with E-state index in [9.17, 15) is 0 Å². The van der Waals surface area contributed by atoms with Gasteiger partial charge in [0, 0.05) is 23.2 Å². The lowest BCUT2D eigenvalue weighted by Crippen LogP contribution is -2.38. The van der Waals surface area contributed by atoms with E-state index < -0.39 is 0 Å². The molecule has 0 aliphatic carbocycles. The van der Waals surface area contributed by atoms with E-state index in [1.807, 2.05) is 12.3 Å². The molecule has 2 rings (SSSR count). The van der Waals surface area contributed by atoms with E-state index in [-0.39, 0.29) is 30.0 Å². The maximum atomic E-state index is 5.50. The van der Waals surface area contributed by atoms with Crippen LogP contribution in [0.2, 0.25) is 0 Å². The Morgan fingerprint density at radius 1 is 1.35 bits per heavy atom. The number of aliphatic imine (C=N–C) groups is 1. The molecule has 0 saturated heterocycles. The van der Waals surface area contributed by atoms with Gasteiger partial charge in [0.25, 0.3) is 0 Å². The third-order valence-corrected chi connectivity index (χ3v) is 5.00. The highest BCUT2D eigenvalue weighted by Gasteiger charge is 2.13. The lowest BCUT2D eigenvalue weighted by atomic mass is 10.0. The van der Waals surface area contributed by atoms with Gasteiger partial charge < -0.3 is 15.4 Å². The summed E-state index contributed by atoms with van der Waals surface area (Å²) >= 11 is 1.72. The summed E-state index contributed by atoms with van der Waals surface area (Å²) < 4.78 is 5.50. The molecule has 1 aromatic carbocycles. The molecule has 0 amide bonds. The van der Waals surface area contributed by atoms with Crippen LogP contribution in [0.5, 0.6) is 5.75 Å². The fourth-order valence-electron chi connectivity index (χ4n) is 2.53. The van der Waals surface area contributed by atoms with E-state index in [1.54, 1.807) is 18.4 Å². The van der Waals surface area contributed by atoms with Crippen molar-refractivity contribution in [3.8, 4) is 5.75 Å². The highest BCUT2D eigenvalue weighted by atomic mass is 127. The Hall–Kier alpha value is -1.35. The first kappa shape index (κ1) is 22.7. The van der Waals surface area contributed by atoms with Crippen LogP contribution in [0.25, 0.3) is 0 Å². The minimum atomic E-state index is 0. The average molecular weight is 488 g/mol. The van der Waals surface area contributed by atoms with Crippen molar-refractivity contribution in [2.45, 2.75) is 46.7 Å². The molecule has 0 fully saturated rings. The Balaban J connectivity index is 0.00000338. The van der Waals surface area contributed by atoms with Crippen LogP contribution in [-0.2, 0) is 13.0 Å². The van der Waals surface area contributed by atoms with Crippen molar-refractivity contribution in [2.24, 2.45) is 4.99 Å². The molecule has 0 aliphatic heterocycles. The molecule has 1 atom stereocenters. The third-order valence-electron chi connectivity index (χ3n) is 3.87. The zero-order valence-corrected chi connectivity index (χ0v) is 19.3. The van der Waals surface area contributed by atoms with Gasteiger partial charge in [0.05, 0.1) is 19.7 Å². The smallest absolute Gasteiger partial charge is 0.192 e. The number of nitrogens with zero attached hydrogens (tertiary/aromatic N) is 2. The predicted octanol–water partition coefficient (Wildman–Crippen LogP) is 4.46. The molecule has 26 heavy (non-hydrogen) atoms. The second-order valence-electron chi connectivity index (χ2n) is 5.88. The monoisotopic (exact) mass is 488 g/mol. The zero-order chi connectivity index (χ0) is 18.2. The van der Waals surface area contributed by atoms with Crippen LogP contribution in [0.3, 0.4) is 0 Å². The maximum Gasteiger partial charge on any atom is 0.192 e. The Morgan fingerprint density at radius 3 is 2.73 bits per heavy atom. The van der Waals surface area contributed by atoms with E-state index in [1.165, 1.54) is 10.4 Å². The van der Waals surface area contributed by atoms with E-state index in [0.717, 1.165) is 35.2 Å². The van der Waals surface area contributed by atoms with E-state index in [2.05, 4.69) is 60.4 Å². The third kappa shape index (κ3) is 6.42. The largest absolute Gasteiger partial charge is 0.496 e. The number of thiazole rings is 1. The van der Waals surface area contributed by atoms with Gasteiger partial charge in [-0.2, -0.15) is 0 Å². The Morgan fingerprint density at radius 2 is 2.12 bits per heavy atom. The second kappa shape index (κ2) is 11.4. The first-order chi connectivity index (χ1) is 12.1. The van der Waals surface area contributed by atoms with Gasteiger partial charge in [-0.25, -0.2) is 9.98 Å². The van der Waals surface area contributed by atoms with Crippen LogP contribution in [0.15, 0.2) is 29.4 Å². The number of halogens is 1. The maximum absolute atomic E-state index is 5.50. The SMILES string of the molecule is CCNC(=NCc1ncc(CC)s1)NC(C)c1cc(C)ccc1OC.I. The molecule has 0 aliphatic rings. The van der Waals surface area contributed by atoms with Crippen LogP contribution >= 0.6 is 35.3 Å². The van der Waals surface area contributed by atoms with Crippen LogP contribution in [0.1, 0.15) is 47.8 Å². The van der Waals surface area contributed by atoms with Crippen LogP contribution < -0.4 is 15.4 Å². The lowest BCUT2D eigenvalue weighted by molar-refractivity contribution is 0.405. The Bertz CT molecular complexity index is 717. The number of benzene rings is 1. The van der Waals surface area contributed by atoms with E-state index in [0.29, 0.717) is 6.54 Å². The van der Waals surface area contributed by atoms with Gasteiger partial charge >= 0.3 is 0 Å². The van der Waals surface area contributed by atoms with Gasteiger partial charge in [-0.1, -0.05) is 24.6 Å². The Kier molecular flexibility index (Phi) is 9.93. The van der Waals surface area contributed by atoms with Crippen LogP contribution in [0, 0.1) is 6.92 Å². The lowest BCUT2D eigenvalue weighted by Gasteiger charge is -2.20. The van der Waals surface area contributed by atoms with Crippen molar-refractivity contribution >= 4 is 41.3 Å². The highest BCUT2D eigenvalue weighted by molar-refractivity contribution is 14.0. The van der Waals surface area contributed by atoms with Gasteiger partial charge in [0.1, 0.15) is 10.8 Å². The molecule has 0 radical (unpaired) electrons. The van der Waals surface area contributed by atoms with Crippen molar-refractivity contribution in [3.05, 3.63) is 45.4 Å². The minimum Gasteiger partial charge on any atom is -0.496 e. The van der Waals surface area contributed by atoms with Gasteiger partial charge in [0.15, 0.2) is 5.96 Å². The quantitative estimate of drug-likeness (QED) is 0.344. The summed E-state index contributed by atoms with van der Waals surface area (Å²) in [6.45, 7) is 9.79. The fraction of sp³-hybridized carbons (Fsp3) is 0.474. The molecule has 2 aromatic rings. The number of aryl methyl sites for hydroxylation is 2. The summed E-state index contributed by atoms with van der Waals surface area (Å²) in [7, 11) is 1.70. The van der Waals surface area contributed by atoms with Crippen molar-refractivity contribution in [2.75, 3.05) is 13.7 Å². The molecule has 0 spiro atoms. The molecular formula is C19H29IN4OS. The van der Waals surface area contributed by atoms with Gasteiger partial charge in [-0.15, -0.1) is 35.3 Å². The number of rotatable bonds is 7. The minimum absolute atomic E-state index is 0. The normalized spacial score (nSPS) is 12.3. The topological polar surface area (TPSA) is 58.5 Å². The van der Waals surface area contributed by atoms with Crippen molar-refractivity contribution in [1.82, 2.24) is 15.6 Å². The average Bonchev–Trinajstić information content (AvgIpc) is 3.08. The first-order valence-corrected chi connectivity index (χ1v) is 9.52. The van der Waals surface area contributed by atoms with E-state index in [4.69, 9.17) is 4.74 Å². The van der Waals surface area contributed by atoms with E-state index >= 15 is 0 Å². The summed E-state index contributed by atoms with van der Waals surface area (Å²) in [5.41, 5.74) is 2.33. The molecule has 2 N–H and O–H groups in total. The molecule has 0 saturated carbocycles. The molecule has 1 heterocycles. The molecule has 0 bridgehead atoms. The summed E-state index contributed by atoms with van der Waals surface area (Å²) in [6.07, 6.45) is 2.96. The van der Waals surface area contributed by atoms with Crippen LogP contribution in [0.4, 0.5) is 0 Å². The number of methoxy groups -OCH3 is 1. The predicted molar refractivity (Wildman–Crippen MR) is 121 cm³/mol. The summed E-state index contributed by atoms with van der Waals surface area (Å²) in [6, 6.07) is 6.29. The molecule has 1 aromatic heterocycles. The number of hydrogen-bond donors (Lipinski definition) is 2. The summed E-state index contributed by atoms with van der Waals surface area (Å²) in [5.74, 6) is 1.67. The molecular weight excluding hydrogens is 459 g/mol. The van der Waals surface area contributed by atoms with Crippen LogP contribution in [-0.4, -0.2) is 24.6 Å². The standard InChI is InChI=1S/C19H28N4OS.HI/c1-6-15-11-21-18(25-15)12-22-19(20-7-2)23-14(4)16-10-13(3)8-9-17(16)24-5;/h8-11,14H,6-7,12H2,1-5H3,(H2,20,22,23);1H. The second-order valence-corrected chi connectivity index (χ2v) is 7.08. The first-order valence-electron chi connectivity index (χ1n) is 8.70. The molecule has 5 nitrogen and oxygen atoms in total. The van der Waals surface area contributed by atoms with Crippen molar-refractivity contribution < 1.29 is 4.74 Å². The number of guanidine groups is 1. The van der Waals surface area contributed by atoms with Gasteiger partial charge in [-0.05, 0) is 33.3 Å². The molecule has 7 heteroatoms. The van der Waals surface area contributed by atoms with Gasteiger partial charge in [0.2, 0.25) is 0 Å². The number of nitrogens with one attached hydrogen (secondary N) is 2. The number of hydrogen-bond acceptors (Lipinski definition) is 4. The summed E-state index contributed by atoms with van der Waals surface area (Å²) in [4.78, 5) is 10.4. The van der Waals surface area contributed by atoms with Crippen molar-refractivity contribution in [3.63, 3.8) is 0 Å². The summed E-state index contributed by atoms with van der Waals surface area (Å²) in [5, 5.41) is 7.80. The molecule has 144 valence electrons. The number of ether oxygens (including phenoxy) is 1. The Labute approximate surface area is 177 Å².